The summed E-state index contributed by atoms with van der Waals surface area (Å²) in [6, 6.07) is 15.8. The van der Waals surface area contributed by atoms with Gasteiger partial charge in [-0.3, -0.25) is 4.79 Å². The molecule has 2 heterocycles. The van der Waals surface area contributed by atoms with Crippen LogP contribution in [-0.2, 0) is 37.9 Å². The van der Waals surface area contributed by atoms with Gasteiger partial charge in [-0.15, -0.1) is 5.10 Å². The van der Waals surface area contributed by atoms with Crippen LogP contribution in [0, 0.1) is 6.92 Å². The van der Waals surface area contributed by atoms with Crippen molar-refractivity contribution in [1.82, 2.24) is 19.3 Å². The number of sulfonamides is 1. The Kier molecular flexibility index (Phi) is 8.88. The lowest BCUT2D eigenvalue weighted by Crippen LogP contribution is -2.35. The Morgan fingerprint density at radius 2 is 1.91 bits per heavy atom. The molecule has 4 aromatic rings. The van der Waals surface area contributed by atoms with Crippen molar-refractivity contribution in [2.75, 3.05) is 19.8 Å². The van der Waals surface area contributed by atoms with Crippen LogP contribution in [0.1, 0.15) is 48.4 Å². The number of benzene rings is 3. The maximum absolute atomic E-state index is 13.7. The largest absolute Gasteiger partial charge is 0.488 e. The molecule has 1 N–H and O–H groups in total. The molecule has 0 spiro atoms. The zero-order valence-corrected chi connectivity index (χ0v) is 25.7. The Morgan fingerprint density at radius 1 is 1.14 bits per heavy atom. The van der Waals surface area contributed by atoms with Crippen LogP contribution < -0.4 is 9.47 Å². The minimum absolute atomic E-state index is 0.0270. The van der Waals surface area contributed by atoms with E-state index < -0.39 is 34.5 Å². The minimum atomic E-state index is -3.87. The summed E-state index contributed by atoms with van der Waals surface area (Å²) < 4.78 is 47.2. The topological polar surface area (TPSA) is 150 Å². The van der Waals surface area contributed by atoms with E-state index in [9.17, 15) is 23.1 Å². The third kappa shape index (κ3) is 6.38. The van der Waals surface area contributed by atoms with Gasteiger partial charge in [0.25, 0.3) is 0 Å². The summed E-state index contributed by atoms with van der Waals surface area (Å²) in [6.45, 7) is 5.33. The smallest absolute Gasteiger partial charge is 0.341 e. The van der Waals surface area contributed by atoms with Gasteiger partial charge in [-0.05, 0) is 67.3 Å². The molecule has 1 aromatic heterocycles. The second-order valence-electron chi connectivity index (χ2n) is 10.7. The number of aryl methyl sites for hydroxylation is 2. The van der Waals surface area contributed by atoms with Gasteiger partial charge in [0.1, 0.15) is 33.5 Å². The number of carboxylic acid groups (broad SMARTS) is 1. The molecule has 0 amide bonds. The molecule has 0 saturated carbocycles. The van der Waals surface area contributed by atoms with Crippen molar-refractivity contribution in [1.29, 1.82) is 0 Å². The van der Waals surface area contributed by atoms with Gasteiger partial charge in [0.05, 0.1) is 19.6 Å². The van der Waals surface area contributed by atoms with E-state index in [1.807, 2.05) is 32.0 Å². The minimum Gasteiger partial charge on any atom is -0.488 e. The van der Waals surface area contributed by atoms with Crippen LogP contribution in [0.25, 0.3) is 11.0 Å². The standard InChI is InChI=1S/C31H34N4O8S/c1-5-41-30(38)15-24(22-13-25-31(34(4)33-32-25)27(14-22)42-18-29(36)37)21-11-10-19(2)23(12-21)17-35-16-20(3)43-26-8-6-7-9-28(26)44(35,39)40/h6-14,20,24H,5,15-18H2,1-4H3,(H,36,37). The Bertz CT molecular complexity index is 1820. The first-order valence-electron chi connectivity index (χ1n) is 14.2. The lowest BCUT2D eigenvalue weighted by molar-refractivity contribution is -0.143. The SMILES string of the molecule is CCOC(=O)CC(c1ccc(C)c(CN2CC(C)Oc3ccccc3S2(=O)=O)c1)c1cc(OCC(=O)O)c2c(c1)nnn2C. The highest BCUT2D eigenvalue weighted by Gasteiger charge is 2.34. The summed E-state index contributed by atoms with van der Waals surface area (Å²) in [6.07, 6.45) is -0.405. The van der Waals surface area contributed by atoms with E-state index in [4.69, 9.17) is 14.2 Å². The molecule has 12 nitrogen and oxygen atoms in total. The van der Waals surface area contributed by atoms with Gasteiger partial charge in [0.2, 0.25) is 10.0 Å². The van der Waals surface area contributed by atoms with Gasteiger partial charge in [-0.25, -0.2) is 17.9 Å². The fraction of sp³-hybridized carbons (Fsp3) is 0.355. The van der Waals surface area contributed by atoms with Gasteiger partial charge < -0.3 is 19.3 Å². The van der Waals surface area contributed by atoms with E-state index in [2.05, 4.69) is 10.3 Å². The van der Waals surface area contributed by atoms with Crippen molar-refractivity contribution in [2.24, 2.45) is 7.05 Å². The molecule has 0 aliphatic carbocycles. The van der Waals surface area contributed by atoms with Crippen molar-refractivity contribution >= 4 is 33.0 Å². The summed E-state index contributed by atoms with van der Waals surface area (Å²) >= 11 is 0. The number of hydrogen-bond donors (Lipinski definition) is 1. The average molecular weight is 623 g/mol. The van der Waals surface area contributed by atoms with E-state index in [0.29, 0.717) is 22.3 Å². The molecule has 1 aliphatic heterocycles. The third-order valence-electron chi connectivity index (χ3n) is 7.50. The average Bonchev–Trinajstić information content (AvgIpc) is 3.32. The van der Waals surface area contributed by atoms with Gasteiger partial charge in [0, 0.05) is 19.5 Å². The number of fused-ring (bicyclic) bond motifs is 2. The maximum Gasteiger partial charge on any atom is 0.341 e. The predicted octanol–water partition coefficient (Wildman–Crippen LogP) is 3.80. The molecule has 2 unspecified atom stereocenters. The highest BCUT2D eigenvalue weighted by atomic mass is 32.2. The summed E-state index contributed by atoms with van der Waals surface area (Å²) in [5, 5.41) is 17.5. The van der Waals surface area contributed by atoms with Gasteiger partial charge in [0.15, 0.2) is 6.61 Å². The molecule has 0 bridgehead atoms. The first-order chi connectivity index (χ1) is 21.0. The Labute approximate surface area is 255 Å². The van der Waals surface area contributed by atoms with Crippen LogP contribution in [0.15, 0.2) is 59.5 Å². The molecule has 13 heteroatoms. The molecule has 0 fully saturated rings. The number of carbonyl (C=O) groups is 2. The Balaban J connectivity index is 1.57. The van der Waals surface area contributed by atoms with Gasteiger partial charge >= 0.3 is 11.9 Å². The fourth-order valence-electron chi connectivity index (χ4n) is 5.40. The van der Waals surface area contributed by atoms with Crippen LogP contribution >= 0.6 is 0 Å². The maximum atomic E-state index is 13.7. The highest BCUT2D eigenvalue weighted by Crippen LogP contribution is 2.37. The summed E-state index contributed by atoms with van der Waals surface area (Å²) in [4.78, 5) is 24.3. The van der Waals surface area contributed by atoms with Crippen LogP contribution in [-0.4, -0.2) is 70.6 Å². The first-order valence-corrected chi connectivity index (χ1v) is 15.6. The molecule has 0 radical (unpaired) electrons. The first kappa shape index (κ1) is 31.0. The van der Waals surface area contributed by atoms with Crippen molar-refractivity contribution < 1.29 is 37.3 Å². The molecule has 44 heavy (non-hydrogen) atoms. The molecule has 232 valence electrons. The quantitative estimate of drug-likeness (QED) is 0.259. The Hall–Kier alpha value is -4.49. The number of hydrogen-bond acceptors (Lipinski definition) is 9. The van der Waals surface area contributed by atoms with Crippen LogP contribution in [0.4, 0.5) is 0 Å². The van der Waals surface area contributed by atoms with Crippen LogP contribution in [0.3, 0.4) is 0 Å². The fourth-order valence-corrected chi connectivity index (χ4v) is 7.01. The number of para-hydroxylation sites is 1. The number of carboxylic acids is 1. The zero-order valence-electron chi connectivity index (χ0n) is 24.9. The molecular formula is C31H34N4O8S. The number of esters is 1. The van der Waals surface area contributed by atoms with Gasteiger partial charge in [-0.2, -0.15) is 4.31 Å². The molecule has 3 aromatic carbocycles. The number of aromatic nitrogens is 3. The van der Waals surface area contributed by atoms with E-state index >= 15 is 0 Å². The molecule has 1 aliphatic rings. The normalized spacial score (nSPS) is 16.9. The monoisotopic (exact) mass is 622 g/mol. The molecular weight excluding hydrogens is 588 g/mol. The van der Waals surface area contributed by atoms with Crippen molar-refractivity contribution in [3.05, 3.63) is 76.9 Å². The van der Waals surface area contributed by atoms with Crippen molar-refractivity contribution in [3.63, 3.8) is 0 Å². The number of carbonyl (C=O) groups excluding carboxylic acids is 1. The number of rotatable bonds is 10. The number of aliphatic carboxylic acids is 1. The summed E-state index contributed by atoms with van der Waals surface area (Å²) in [5.41, 5.74) is 3.99. The highest BCUT2D eigenvalue weighted by molar-refractivity contribution is 7.89. The molecule has 2 atom stereocenters. The lowest BCUT2D eigenvalue weighted by atomic mass is 9.86. The van der Waals surface area contributed by atoms with Crippen molar-refractivity contribution in [3.8, 4) is 11.5 Å². The Morgan fingerprint density at radius 3 is 2.66 bits per heavy atom. The zero-order chi connectivity index (χ0) is 31.6. The second kappa shape index (κ2) is 12.6. The molecule has 0 saturated heterocycles. The van der Waals surface area contributed by atoms with E-state index in [-0.39, 0.29) is 42.9 Å². The number of nitrogens with zero attached hydrogens (tertiary/aromatic N) is 4. The summed E-state index contributed by atoms with van der Waals surface area (Å²) in [7, 11) is -2.19. The van der Waals surface area contributed by atoms with Gasteiger partial charge in [-0.1, -0.05) is 35.5 Å². The van der Waals surface area contributed by atoms with Crippen molar-refractivity contribution in [2.45, 2.75) is 50.7 Å². The lowest BCUT2D eigenvalue weighted by Gasteiger charge is -2.24. The predicted molar refractivity (Wildman–Crippen MR) is 160 cm³/mol. The molecule has 5 rings (SSSR count). The van der Waals surface area contributed by atoms with E-state index in [1.54, 1.807) is 50.4 Å². The van der Waals surface area contributed by atoms with E-state index in [1.165, 1.54) is 8.99 Å². The van der Waals surface area contributed by atoms with Crippen LogP contribution in [0.5, 0.6) is 11.5 Å². The van der Waals surface area contributed by atoms with Crippen LogP contribution in [0.2, 0.25) is 0 Å². The third-order valence-corrected chi connectivity index (χ3v) is 9.35. The summed E-state index contributed by atoms with van der Waals surface area (Å²) in [5.74, 6) is -1.53. The number of ether oxygens (including phenoxy) is 3. The van der Waals surface area contributed by atoms with E-state index in [0.717, 1.165) is 16.7 Å². The second-order valence-corrected chi connectivity index (χ2v) is 12.6.